The molecule has 0 radical (unpaired) electrons. The molecule has 0 spiro atoms. The van der Waals surface area contributed by atoms with Crippen molar-refractivity contribution in [3.8, 4) is 0 Å². The van der Waals surface area contributed by atoms with E-state index in [2.05, 4.69) is 20.8 Å². The first-order valence-electron chi connectivity index (χ1n) is 8.91. The van der Waals surface area contributed by atoms with Crippen LogP contribution in [0.4, 0.5) is 8.78 Å². The molecule has 0 aliphatic carbocycles. The van der Waals surface area contributed by atoms with Crippen molar-refractivity contribution in [3.05, 3.63) is 88.2 Å². The highest BCUT2D eigenvalue weighted by Gasteiger charge is 2.14. The van der Waals surface area contributed by atoms with Crippen LogP contribution in [-0.4, -0.2) is 21.8 Å². The minimum atomic E-state index is -1.02. The second kappa shape index (κ2) is 9.45. The fraction of sp³-hybridized carbons (Fsp3) is 0.143. The topological polar surface area (TPSA) is 84.0 Å². The van der Waals surface area contributed by atoms with Crippen molar-refractivity contribution < 1.29 is 18.4 Å². The van der Waals surface area contributed by atoms with E-state index in [1.54, 1.807) is 24.3 Å². The fourth-order valence-corrected chi connectivity index (χ4v) is 3.49. The number of hydrazine groups is 1. The third-order valence-electron chi connectivity index (χ3n) is 4.01. The van der Waals surface area contributed by atoms with Gasteiger partial charge in [0.2, 0.25) is 0 Å². The second-order valence-electron chi connectivity index (χ2n) is 6.45. The molecule has 2 N–H and O–H groups in total. The number of nitrogens with zero attached hydrogens (tertiary/aromatic N) is 2. The van der Waals surface area contributed by atoms with E-state index in [1.165, 1.54) is 11.8 Å². The molecule has 0 aliphatic rings. The molecule has 2 amide bonds. The quantitative estimate of drug-likeness (QED) is 0.368. The number of hydrogen-bond donors (Lipinski definition) is 2. The molecule has 30 heavy (non-hydrogen) atoms. The summed E-state index contributed by atoms with van der Waals surface area (Å²) in [6.45, 7) is 3.82. The highest BCUT2D eigenvalue weighted by molar-refractivity contribution is 7.98. The molecule has 6 nitrogen and oxygen atoms in total. The monoisotopic (exact) mass is 428 g/mol. The zero-order valence-electron chi connectivity index (χ0n) is 16.2. The number of thioether (sulfide) groups is 1. The number of amides is 2. The fourth-order valence-electron chi connectivity index (χ4n) is 2.59. The number of rotatable bonds is 5. The molecule has 2 aromatic carbocycles. The molecule has 1 heterocycles. The van der Waals surface area contributed by atoms with Crippen LogP contribution in [0, 0.1) is 25.5 Å². The summed E-state index contributed by atoms with van der Waals surface area (Å²) < 4.78 is 26.5. The molecule has 0 saturated heterocycles. The van der Waals surface area contributed by atoms with E-state index in [4.69, 9.17) is 0 Å². The molecule has 3 rings (SSSR count). The van der Waals surface area contributed by atoms with Crippen molar-refractivity contribution in [1.82, 2.24) is 20.8 Å². The lowest BCUT2D eigenvalue weighted by Crippen LogP contribution is -2.41. The highest BCUT2D eigenvalue weighted by Crippen LogP contribution is 2.20. The Hall–Kier alpha value is -3.33. The first-order valence-corrected chi connectivity index (χ1v) is 9.90. The smallest absolute Gasteiger partial charge is 0.267 e. The zero-order valence-corrected chi connectivity index (χ0v) is 17.0. The number of nitrogens with one attached hydrogen (secondary N) is 2. The number of hydrogen-bond acceptors (Lipinski definition) is 5. The molecule has 0 atom stereocenters. The van der Waals surface area contributed by atoms with E-state index in [0.29, 0.717) is 22.5 Å². The van der Waals surface area contributed by atoms with Crippen LogP contribution in [0.25, 0.3) is 0 Å². The molecule has 0 bridgehead atoms. The summed E-state index contributed by atoms with van der Waals surface area (Å²) in [4.78, 5) is 32.9. The third kappa shape index (κ3) is 5.60. The lowest BCUT2D eigenvalue weighted by atomic mass is 10.1. The number of aromatic nitrogens is 2. The molecule has 0 fully saturated rings. The van der Waals surface area contributed by atoms with Crippen molar-refractivity contribution >= 4 is 23.6 Å². The highest BCUT2D eigenvalue weighted by atomic mass is 32.2. The van der Waals surface area contributed by atoms with E-state index < -0.39 is 23.4 Å². The molecule has 154 valence electrons. The Morgan fingerprint density at radius 1 is 0.900 bits per heavy atom. The SMILES string of the molecule is Cc1cc(C)nc(SCc2ccc(C(=O)NNC(=O)c3ccc(F)cc3F)cc2)n1. The molecule has 0 unspecified atom stereocenters. The Kier molecular flexibility index (Phi) is 6.73. The van der Waals surface area contributed by atoms with Crippen LogP contribution in [0.2, 0.25) is 0 Å². The predicted octanol–water partition coefficient (Wildman–Crippen LogP) is 3.74. The average molecular weight is 428 g/mol. The number of benzene rings is 2. The lowest BCUT2D eigenvalue weighted by Gasteiger charge is -2.09. The maximum absolute atomic E-state index is 13.6. The van der Waals surface area contributed by atoms with Gasteiger partial charge in [0.1, 0.15) is 11.6 Å². The maximum Gasteiger partial charge on any atom is 0.272 e. The number of aryl methyl sites for hydroxylation is 2. The summed E-state index contributed by atoms with van der Waals surface area (Å²) in [5.74, 6) is -2.64. The largest absolute Gasteiger partial charge is 0.272 e. The van der Waals surface area contributed by atoms with E-state index in [1.807, 2.05) is 19.9 Å². The van der Waals surface area contributed by atoms with Crippen molar-refractivity contribution in [3.63, 3.8) is 0 Å². The number of halogens is 2. The second-order valence-corrected chi connectivity index (χ2v) is 7.39. The summed E-state index contributed by atoms with van der Waals surface area (Å²) >= 11 is 1.49. The maximum atomic E-state index is 13.6. The van der Waals surface area contributed by atoms with Gasteiger partial charge in [-0.15, -0.1) is 0 Å². The van der Waals surface area contributed by atoms with E-state index in [-0.39, 0.29) is 5.56 Å². The van der Waals surface area contributed by atoms with Crippen molar-refractivity contribution in [2.75, 3.05) is 0 Å². The summed E-state index contributed by atoms with van der Waals surface area (Å²) in [5.41, 5.74) is 7.02. The van der Waals surface area contributed by atoms with Gasteiger partial charge in [0.25, 0.3) is 11.8 Å². The Labute approximate surface area is 176 Å². The summed E-state index contributed by atoms with van der Waals surface area (Å²) in [6.07, 6.45) is 0. The molecule has 0 aliphatic heterocycles. The van der Waals surface area contributed by atoms with Gasteiger partial charge in [-0.2, -0.15) is 0 Å². The molecule has 9 heteroatoms. The Balaban J connectivity index is 1.55. The van der Waals surface area contributed by atoms with Gasteiger partial charge >= 0.3 is 0 Å². The van der Waals surface area contributed by atoms with Crippen LogP contribution in [-0.2, 0) is 5.75 Å². The van der Waals surface area contributed by atoms with E-state index in [9.17, 15) is 18.4 Å². The van der Waals surface area contributed by atoms with Gasteiger partial charge in [-0.05, 0) is 49.7 Å². The first kappa shape index (κ1) is 21.4. The van der Waals surface area contributed by atoms with E-state index >= 15 is 0 Å². The zero-order chi connectivity index (χ0) is 21.7. The Bertz CT molecular complexity index is 1070. The van der Waals surface area contributed by atoms with Crippen LogP contribution >= 0.6 is 11.8 Å². The minimum Gasteiger partial charge on any atom is -0.267 e. The van der Waals surface area contributed by atoms with Crippen LogP contribution in [0.1, 0.15) is 37.7 Å². The van der Waals surface area contributed by atoms with Gasteiger partial charge < -0.3 is 0 Å². The standard InChI is InChI=1S/C21H18F2N4O2S/c1-12-9-13(2)25-21(24-12)30-11-14-3-5-15(6-4-14)19(28)26-27-20(29)17-8-7-16(22)10-18(17)23/h3-10H,11H2,1-2H3,(H,26,28)(H,27,29). The molecular formula is C21H18F2N4O2S. The van der Waals surface area contributed by atoms with Gasteiger partial charge in [-0.25, -0.2) is 18.7 Å². The van der Waals surface area contributed by atoms with E-state index in [0.717, 1.165) is 29.1 Å². The summed E-state index contributed by atoms with van der Waals surface area (Å²) in [6, 6.07) is 11.2. The lowest BCUT2D eigenvalue weighted by molar-refractivity contribution is 0.0844. The third-order valence-corrected chi connectivity index (χ3v) is 4.93. The molecular weight excluding hydrogens is 410 g/mol. The number of carbonyl (C=O) groups is 2. The average Bonchev–Trinajstić information content (AvgIpc) is 2.70. The van der Waals surface area contributed by atoms with Crippen molar-refractivity contribution in [1.29, 1.82) is 0 Å². The Morgan fingerprint density at radius 3 is 2.17 bits per heavy atom. The summed E-state index contributed by atoms with van der Waals surface area (Å²) in [7, 11) is 0. The minimum absolute atomic E-state index is 0.311. The van der Waals surface area contributed by atoms with Gasteiger partial charge in [0, 0.05) is 28.8 Å². The van der Waals surface area contributed by atoms with Crippen LogP contribution in [0.3, 0.4) is 0 Å². The predicted molar refractivity (Wildman–Crippen MR) is 109 cm³/mol. The van der Waals surface area contributed by atoms with Crippen LogP contribution in [0.15, 0.2) is 53.7 Å². The van der Waals surface area contributed by atoms with Crippen LogP contribution < -0.4 is 10.9 Å². The Morgan fingerprint density at radius 2 is 1.53 bits per heavy atom. The van der Waals surface area contributed by atoms with Crippen molar-refractivity contribution in [2.45, 2.75) is 24.8 Å². The van der Waals surface area contributed by atoms with Gasteiger partial charge in [-0.1, -0.05) is 23.9 Å². The number of carbonyl (C=O) groups excluding carboxylic acids is 2. The van der Waals surface area contributed by atoms with Gasteiger partial charge in [-0.3, -0.25) is 20.4 Å². The first-order chi connectivity index (χ1) is 14.3. The van der Waals surface area contributed by atoms with Gasteiger partial charge in [0.05, 0.1) is 5.56 Å². The molecule has 0 saturated carbocycles. The molecule has 3 aromatic rings. The van der Waals surface area contributed by atoms with Crippen molar-refractivity contribution in [2.24, 2.45) is 0 Å². The van der Waals surface area contributed by atoms with Crippen LogP contribution in [0.5, 0.6) is 0 Å². The summed E-state index contributed by atoms with van der Waals surface area (Å²) in [5, 5.41) is 0.685. The molecule has 1 aromatic heterocycles. The van der Waals surface area contributed by atoms with Gasteiger partial charge in [0.15, 0.2) is 5.16 Å². The normalized spacial score (nSPS) is 10.5.